The van der Waals surface area contributed by atoms with E-state index in [-0.39, 0.29) is 11.7 Å². The third-order valence-electron chi connectivity index (χ3n) is 6.44. The van der Waals surface area contributed by atoms with Crippen LogP contribution in [0.4, 0.5) is 0 Å². The highest BCUT2D eigenvalue weighted by Crippen LogP contribution is 2.38. The molecule has 1 aliphatic rings. The highest BCUT2D eigenvalue weighted by molar-refractivity contribution is 5.76. The summed E-state index contributed by atoms with van der Waals surface area (Å²) < 4.78 is 4.00. The molecular formula is C24H30N2O. The summed E-state index contributed by atoms with van der Waals surface area (Å²) in [6.45, 7) is 7.69. The van der Waals surface area contributed by atoms with Gasteiger partial charge in [-0.3, -0.25) is 9.13 Å². The van der Waals surface area contributed by atoms with E-state index in [2.05, 4.69) is 45.0 Å². The molecule has 3 nitrogen and oxygen atoms in total. The molecule has 0 aliphatic heterocycles. The van der Waals surface area contributed by atoms with Gasteiger partial charge in [0.25, 0.3) is 0 Å². The van der Waals surface area contributed by atoms with Crippen LogP contribution in [0.25, 0.3) is 11.0 Å². The van der Waals surface area contributed by atoms with Crippen molar-refractivity contribution in [2.24, 2.45) is 11.3 Å². The molecule has 0 saturated heterocycles. The predicted octanol–water partition coefficient (Wildman–Crippen LogP) is 5.63. The molecule has 1 atom stereocenters. The molecule has 3 aromatic rings. The van der Waals surface area contributed by atoms with E-state index in [9.17, 15) is 4.79 Å². The molecule has 1 fully saturated rings. The van der Waals surface area contributed by atoms with E-state index < -0.39 is 0 Å². The second-order valence-electron chi connectivity index (χ2n) is 8.95. The van der Waals surface area contributed by atoms with Gasteiger partial charge in [-0.05, 0) is 61.6 Å². The number of hydrogen-bond acceptors (Lipinski definition) is 1. The number of rotatable bonds is 4. The van der Waals surface area contributed by atoms with Gasteiger partial charge in [0.15, 0.2) is 0 Å². The van der Waals surface area contributed by atoms with Crippen molar-refractivity contribution in [1.29, 1.82) is 0 Å². The molecule has 27 heavy (non-hydrogen) atoms. The predicted molar refractivity (Wildman–Crippen MR) is 112 cm³/mol. The van der Waals surface area contributed by atoms with Gasteiger partial charge in [-0.25, -0.2) is 4.79 Å². The van der Waals surface area contributed by atoms with E-state index in [4.69, 9.17) is 0 Å². The number of imidazole rings is 1. The Morgan fingerprint density at radius 3 is 2.22 bits per heavy atom. The second-order valence-corrected chi connectivity index (χ2v) is 8.95. The maximum Gasteiger partial charge on any atom is 0.329 e. The second kappa shape index (κ2) is 7.03. The van der Waals surface area contributed by atoms with E-state index in [1.807, 2.05) is 39.5 Å². The minimum absolute atomic E-state index is 0.0233. The fraction of sp³-hybridized carbons (Fsp3) is 0.458. The van der Waals surface area contributed by atoms with Crippen LogP contribution in [0.2, 0.25) is 0 Å². The summed E-state index contributed by atoms with van der Waals surface area (Å²) in [7, 11) is 0. The van der Waals surface area contributed by atoms with Gasteiger partial charge in [-0.1, -0.05) is 56.3 Å². The van der Waals surface area contributed by atoms with E-state index in [0.717, 1.165) is 17.6 Å². The molecule has 1 aromatic heterocycles. The van der Waals surface area contributed by atoms with Gasteiger partial charge in [-0.15, -0.1) is 0 Å². The molecule has 0 radical (unpaired) electrons. The van der Waals surface area contributed by atoms with Crippen molar-refractivity contribution in [3.63, 3.8) is 0 Å². The Labute approximate surface area is 161 Å². The molecule has 4 rings (SSSR count). The highest BCUT2D eigenvalue weighted by atomic mass is 16.1. The fourth-order valence-corrected chi connectivity index (χ4v) is 4.56. The number of nitrogens with zero attached hydrogens (tertiary/aromatic N) is 2. The molecular weight excluding hydrogens is 332 g/mol. The Hall–Kier alpha value is -2.29. The third kappa shape index (κ3) is 3.47. The van der Waals surface area contributed by atoms with Gasteiger partial charge in [-0.2, -0.15) is 0 Å². The first-order valence-electron chi connectivity index (χ1n) is 10.2. The normalized spacial score (nSPS) is 18.6. The van der Waals surface area contributed by atoms with Gasteiger partial charge in [0.05, 0.1) is 17.1 Å². The van der Waals surface area contributed by atoms with Crippen LogP contribution in [-0.2, 0) is 6.54 Å². The Morgan fingerprint density at radius 2 is 1.56 bits per heavy atom. The van der Waals surface area contributed by atoms with Gasteiger partial charge in [0, 0.05) is 6.54 Å². The van der Waals surface area contributed by atoms with Crippen LogP contribution in [0.3, 0.4) is 0 Å². The number of aromatic nitrogens is 2. The fourth-order valence-electron chi connectivity index (χ4n) is 4.56. The number of hydrogen-bond donors (Lipinski definition) is 0. The Kier molecular flexibility index (Phi) is 4.71. The first kappa shape index (κ1) is 18.1. The van der Waals surface area contributed by atoms with E-state index in [0.29, 0.717) is 11.3 Å². The monoisotopic (exact) mass is 362 g/mol. The average Bonchev–Trinajstić information content (AvgIpc) is 2.95. The first-order chi connectivity index (χ1) is 13.0. The molecule has 2 aromatic carbocycles. The van der Waals surface area contributed by atoms with Crippen LogP contribution >= 0.6 is 0 Å². The van der Waals surface area contributed by atoms with Crippen LogP contribution in [-0.4, -0.2) is 9.13 Å². The van der Waals surface area contributed by atoms with E-state index in [1.165, 1.54) is 31.2 Å². The summed E-state index contributed by atoms with van der Waals surface area (Å²) in [6, 6.07) is 18.6. The largest absolute Gasteiger partial charge is 0.329 e. The van der Waals surface area contributed by atoms with Crippen LogP contribution in [0.15, 0.2) is 59.4 Å². The summed E-state index contributed by atoms with van der Waals surface area (Å²) in [5.41, 5.74) is 3.85. The molecule has 1 unspecified atom stereocenters. The zero-order valence-electron chi connectivity index (χ0n) is 16.7. The molecule has 0 bridgehead atoms. The Bertz CT molecular complexity index is 971. The van der Waals surface area contributed by atoms with Gasteiger partial charge in [0.1, 0.15) is 0 Å². The minimum Gasteiger partial charge on any atom is -0.292 e. The third-order valence-corrected chi connectivity index (χ3v) is 6.44. The highest BCUT2D eigenvalue weighted by Gasteiger charge is 2.28. The lowest BCUT2D eigenvalue weighted by Gasteiger charge is -2.34. The SMILES string of the molecule is CC(c1ccccc1)n1c(=O)n(CC2CCC(C)(C)CC2)c2ccccc21. The summed E-state index contributed by atoms with van der Waals surface area (Å²) >= 11 is 0. The minimum atomic E-state index is 0.0233. The van der Waals surface area contributed by atoms with Gasteiger partial charge in [0.2, 0.25) is 0 Å². The van der Waals surface area contributed by atoms with Crippen molar-refractivity contribution in [2.75, 3.05) is 0 Å². The lowest BCUT2D eigenvalue weighted by molar-refractivity contribution is 0.179. The zero-order chi connectivity index (χ0) is 19.0. The zero-order valence-corrected chi connectivity index (χ0v) is 16.7. The van der Waals surface area contributed by atoms with Gasteiger partial charge < -0.3 is 0 Å². The maximum absolute atomic E-state index is 13.4. The number of benzene rings is 2. The molecule has 1 heterocycles. The molecule has 1 saturated carbocycles. The summed E-state index contributed by atoms with van der Waals surface area (Å²) in [4.78, 5) is 13.4. The molecule has 0 N–H and O–H groups in total. The van der Waals surface area contributed by atoms with Crippen LogP contribution in [0, 0.1) is 11.3 Å². The van der Waals surface area contributed by atoms with Crippen molar-refractivity contribution in [3.8, 4) is 0 Å². The van der Waals surface area contributed by atoms with Crippen molar-refractivity contribution < 1.29 is 0 Å². The smallest absolute Gasteiger partial charge is 0.292 e. The topological polar surface area (TPSA) is 26.9 Å². The Balaban J connectivity index is 1.72. The molecule has 0 amide bonds. The summed E-state index contributed by atoms with van der Waals surface area (Å²) in [5, 5.41) is 0. The quantitative estimate of drug-likeness (QED) is 0.591. The summed E-state index contributed by atoms with van der Waals surface area (Å²) in [5.74, 6) is 0.599. The summed E-state index contributed by atoms with van der Waals surface area (Å²) in [6.07, 6.45) is 4.94. The molecule has 142 valence electrons. The van der Waals surface area contributed by atoms with Crippen LogP contribution < -0.4 is 5.69 Å². The van der Waals surface area contributed by atoms with E-state index >= 15 is 0 Å². The van der Waals surface area contributed by atoms with E-state index in [1.54, 1.807) is 0 Å². The van der Waals surface area contributed by atoms with Gasteiger partial charge >= 0.3 is 5.69 Å². The maximum atomic E-state index is 13.4. The molecule has 0 spiro atoms. The van der Waals surface area contributed by atoms with Crippen LogP contribution in [0.5, 0.6) is 0 Å². The lowest BCUT2D eigenvalue weighted by Crippen LogP contribution is -2.31. The van der Waals surface area contributed by atoms with Crippen molar-refractivity contribution in [1.82, 2.24) is 9.13 Å². The number of para-hydroxylation sites is 2. The molecule has 3 heteroatoms. The van der Waals surface area contributed by atoms with Crippen molar-refractivity contribution in [3.05, 3.63) is 70.6 Å². The number of fused-ring (bicyclic) bond motifs is 1. The first-order valence-corrected chi connectivity index (χ1v) is 10.2. The average molecular weight is 363 g/mol. The molecule has 1 aliphatic carbocycles. The Morgan fingerprint density at radius 1 is 0.963 bits per heavy atom. The van der Waals surface area contributed by atoms with Crippen LogP contribution in [0.1, 0.15) is 58.1 Å². The standard InChI is InChI=1S/C24H30N2O/c1-18(20-9-5-4-6-10-20)26-22-12-8-7-11-21(22)25(23(26)27)17-19-13-15-24(2,3)16-14-19/h4-12,18-19H,13-17H2,1-3H3. The lowest BCUT2D eigenvalue weighted by atomic mass is 9.73. The van der Waals surface area contributed by atoms with Crippen molar-refractivity contribution >= 4 is 11.0 Å². The van der Waals surface area contributed by atoms with Crippen molar-refractivity contribution in [2.45, 2.75) is 59.0 Å².